The van der Waals surface area contributed by atoms with Crippen LogP contribution in [0.5, 0.6) is 0 Å². The molecule has 0 N–H and O–H groups in total. The maximum absolute atomic E-state index is 5.90. The van der Waals surface area contributed by atoms with E-state index in [0.717, 1.165) is 18.9 Å². The lowest BCUT2D eigenvalue weighted by Gasteiger charge is -2.28. The molecule has 7 heteroatoms. The van der Waals surface area contributed by atoms with Crippen LogP contribution in [0.15, 0.2) is 0 Å². The van der Waals surface area contributed by atoms with Gasteiger partial charge in [-0.15, -0.1) is 0 Å². The van der Waals surface area contributed by atoms with Crippen molar-refractivity contribution in [3.63, 3.8) is 0 Å². The predicted octanol–water partition coefficient (Wildman–Crippen LogP) is 7.77. The molecule has 0 bridgehead atoms. The summed E-state index contributed by atoms with van der Waals surface area (Å²) in [6.45, 7) is 8.08. The molecule has 0 aliphatic heterocycles. The van der Waals surface area contributed by atoms with Crippen LogP contribution in [0.25, 0.3) is 0 Å². The van der Waals surface area contributed by atoms with Crippen molar-refractivity contribution in [1.29, 1.82) is 0 Å². The van der Waals surface area contributed by atoms with Gasteiger partial charge in [0.15, 0.2) is 0 Å². The highest BCUT2D eigenvalue weighted by Gasteiger charge is 2.39. The maximum Gasteiger partial charge on any atom is 0.500 e. The molecule has 0 saturated heterocycles. The molecule has 152 valence electrons. The van der Waals surface area contributed by atoms with Gasteiger partial charge in [-0.2, -0.15) is 0 Å². The Kier molecular flexibility index (Phi) is 17.5. The Morgan fingerprint density at radius 2 is 0.960 bits per heavy atom. The fraction of sp³-hybridized carbons (Fsp3) is 1.00. The van der Waals surface area contributed by atoms with Crippen LogP contribution in [0.2, 0.25) is 6.04 Å². The van der Waals surface area contributed by atoms with Crippen molar-refractivity contribution in [2.75, 3.05) is 19.8 Å². The van der Waals surface area contributed by atoms with E-state index >= 15 is 0 Å². The molecule has 0 rings (SSSR count). The third-order valence-corrected chi connectivity index (χ3v) is 8.38. The van der Waals surface area contributed by atoms with Gasteiger partial charge in [-0.1, -0.05) is 99.2 Å². The smallest absolute Gasteiger partial charge is 0.374 e. The van der Waals surface area contributed by atoms with Gasteiger partial charge in [0.05, 0.1) is 0 Å². The molecular formula is C18H37Br3O3Si. The Morgan fingerprint density at radius 1 is 0.600 bits per heavy atom. The van der Waals surface area contributed by atoms with Crippen LogP contribution < -0.4 is 0 Å². The molecule has 0 amide bonds. The van der Waals surface area contributed by atoms with Crippen molar-refractivity contribution in [2.24, 2.45) is 0 Å². The van der Waals surface area contributed by atoms with E-state index in [1.54, 1.807) is 0 Å². The summed E-state index contributed by atoms with van der Waals surface area (Å²) in [6, 6.07) is 0.954. The van der Waals surface area contributed by atoms with Gasteiger partial charge in [0.1, 0.15) is 2.14 Å². The van der Waals surface area contributed by atoms with E-state index in [9.17, 15) is 0 Å². The van der Waals surface area contributed by atoms with Gasteiger partial charge in [-0.05, 0) is 33.6 Å². The normalized spacial score (nSPS) is 12.7. The molecule has 3 nitrogen and oxygen atoms in total. The van der Waals surface area contributed by atoms with Crippen LogP contribution in [0.3, 0.4) is 0 Å². The number of alkyl halides is 3. The molecule has 0 saturated carbocycles. The molecular weight excluding hydrogens is 532 g/mol. The van der Waals surface area contributed by atoms with E-state index in [4.69, 9.17) is 13.3 Å². The number of hydrogen-bond acceptors (Lipinski definition) is 3. The van der Waals surface area contributed by atoms with E-state index < -0.39 is 8.80 Å². The van der Waals surface area contributed by atoms with Crippen LogP contribution >= 0.6 is 47.8 Å². The Hall–Kier alpha value is 1.54. The second-order valence-electron chi connectivity index (χ2n) is 6.28. The second kappa shape index (κ2) is 16.5. The summed E-state index contributed by atoms with van der Waals surface area (Å²) in [5.41, 5.74) is 0. The summed E-state index contributed by atoms with van der Waals surface area (Å²) in [4.78, 5) is 0. The third kappa shape index (κ3) is 16.2. The zero-order valence-corrected chi connectivity index (χ0v) is 22.0. The largest absolute Gasteiger partial charge is 0.500 e. The SMILES string of the molecule is CCO[Si](CCCCCCCCCCCC(Br)(Br)Br)(OCC)OCC. The van der Waals surface area contributed by atoms with Crippen molar-refractivity contribution in [2.45, 2.75) is 93.2 Å². The molecule has 0 fully saturated rings. The number of hydrogen-bond donors (Lipinski definition) is 0. The Bertz CT molecular complexity index is 285. The van der Waals surface area contributed by atoms with Crippen LogP contribution in [-0.2, 0) is 13.3 Å². The lowest BCUT2D eigenvalue weighted by molar-refractivity contribution is 0.0706. The summed E-state index contributed by atoms with van der Waals surface area (Å²) >= 11 is 10.6. The molecule has 25 heavy (non-hydrogen) atoms. The lowest BCUT2D eigenvalue weighted by Crippen LogP contribution is -2.45. The lowest BCUT2D eigenvalue weighted by atomic mass is 10.1. The van der Waals surface area contributed by atoms with Crippen molar-refractivity contribution < 1.29 is 13.3 Å². The summed E-state index contributed by atoms with van der Waals surface area (Å²) in [5.74, 6) is 0. The van der Waals surface area contributed by atoms with Gasteiger partial charge in [0.25, 0.3) is 0 Å². The zero-order chi connectivity index (χ0) is 19.0. The minimum absolute atomic E-state index is 0.0595. The fourth-order valence-electron chi connectivity index (χ4n) is 2.91. The highest BCUT2D eigenvalue weighted by Crippen LogP contribution is 2.38. The molecule has 0 radical (unpaired) electrons. The topological polar surface area (TPSA) is 27.7 Å². The van der Waals surface area contributed by atoms with E-state index in [2.05, 4.69) is 47.8 Å². The van der Waals surface area contributed by atoms with Crippen molar-refractivity contribution >= 4 is 56.6 Å². The Morgan fingerprint density at radius 3 is 1.32 bits per heavy atom. The highest BCUT2D eigenvalue weighted by atomic mass is 80.0. The van der Waals surface area contributed by atoms with Gasteiger partial charge < -0.3 is 13.3 Å². The molecule has 0 atom stereocenters. The molecule has 0 spiro atoms. The van der Waals surface area contributed by atoms with Crippen molar-refractivity contribution in [1.82, 2.24) is 0 Å². The first-order valence-corrected chi connectivity index (χ1v) is 14.2. The van der Waals surface area contributed by atoms with Crippen molar-refractivity contribution in [3.05, 3.63) is 0 Å². The monoisotopic (exact) mass is 566 g/mol. The van der Waals surface area contributed by atoms with Crippen LogP contribution in [0.1, 0.15) is 85.0 Å². The minimum atomic E-state index is -2.41. The Labute approximate surface area is 182 Å². The maximum atomic E-state index is 5.90. The molecule has 0 unspecified atom stereocenters. The third-order valence-electron chi connectivity index (χ3n) is 4.04. The number of unbranched alkanes of at least 4 members (excludes halogenated alkanes) is 8. The summed E-state index contributed by atoms with van der Waals surface area (Å²) in [7, 11) is -2.41. The minimum Gasteiger partial charge on any atom is -0.374 e. The van der Waals surface area contributed by atoms with Crippen LogP contribution in [0, 0.1) is 0 Å². The Balaban J connectivity index is 3.66. The van der Waals surface area contributed by atoms with E-state index in [0.29, 0.717) is 19.8 Å². The van der Waals surface area contributed by atoms with Crippen molar-refractivity contribution in [3.8, 4) is 0 Å². The molecule has 0 heterocycles. The first-order chi connectivity index (χ1) is 11.9. The molecule has 0 aromatic heterocycles. The molecule has 0 aliphatic rings. The molecule has 0 aromatic rings. The van der Waals surface area contributed by atoms with E-state index in [1.165, 1.54) is 51.4 Å². The van der Waals surface area contributed by atoms with Gasteiger partial charge in [-0.3, -0.25) is 0 Å². The fourth-order valence-corrected chi connectivity index (χ4v) is 6.43. The second-order valence-corrected chi connectivity index (χ2v) is 16.3. The predicted molar refractivity (Wildman–Crippen MR) is 121 cm³/mol. The number of rotatable bonds is 17. The van der Waals surface area contributed by atoms with Crippen LogP contribution in [-0.4, -0.2) is 30.8 Å². The number of halogens is 3. The quantitative estimate of drug-likeness (QED) is 0.102. The van der Waals surface area contributed by atoms with E-state index in [1.807, 2.05) is 20.8 Å². The summed E-state index contributed by atoms with van der Waals surface area (Å²) in [6.07, 6.45) is 12.8. The van der Waals surface area contributed by atoms with Gasteiger partial charge in [-0.25, -0.2) is 0 Å². The average molecular weight is 569 g/mol. The molecule has 0 aliphatic carbocycles. The average Bonchev–Trinajstić information content (AvgIpc) is 2.52. The van der Waals surface area contributed by atoms with Gasteiger partial charge >= 0.3 is 8.80 Å². The highest BCUT2D eigenvalue weighted by molar-refractivity contribution is 9.39. The summed E-state index contributed by atoms with van der Waals surface area (Å²) in [5, 5.41) is 0. The van der Waals surface area contributed by atoms with Gasteiger partial charge in [0.2, 0.25) is 0 Å². The standard InChI is InChI=1S/C18H37Br3O3Si/c1-4-22-25(23-5-2,24-6-3)17-15-13-11-9-7-8-10-12-14-16-18(19,20)21/h4-17H2,1-3H3. The zero-order valence-electron chi connectivity index (χ0n) is 16.3. The van der Waals surface area contributed by atoms with Crippen LogP contribution in [0.4, 0.5) is 0 Å². The van der Waals surface area contributed by atoms with Gasteiger partial charge in [0, 0.05) is 25.9 Å². The first kappa shape index (κ1) is 26.5. The molecule has 0 aromatic carbocycles. The van der Waals surface area contributed by atoms with E-state index in [-0.39, 0.29) is 2.14 Å². The first-order valence-electron chi connectivity index (χ1n) is 9.87. The summed E-state index contributed by atoms with van der Waals surface area (Å²) < 4.78 is 17.6.